The SMILES string of the molecule is NC1CC(=O)N(CCCN2CCCC2=O)C1. The van der Waals surface area contributed by atoms with Crippen LogP contribution in [-0.4, -0.2) is 53.8 Å². The Labute approximate surface area is 95.6 Å². The monoisotopic (exact) mass is 225 g/mol. The smallest absolute Gasteiger partial charge is 0.224 e. The van der Waals surface area contributed by atoms with Gasteiger partial charge in [-0.2, -0.15) is 0 Å². The maximum Gasteiger partial charge on any atom is 0.224 e. The van der Waals surface area contributed by atoms with Crippen LogP contribution in [0.1, 0.15) is 25.7 Å². The van der Waals surface area contributed by atoms with Crippen LogP contribution in [0.4, 0.5) is 0 Å². The molecule has 0 aromatic heterocycles. The number of hydrogen-bond acceptors (Lipinski definition) is 3. The third kappa shape index (κ3) is 2.52. The average molecular weight is 225 g/mol. The third-order valence-electron chi connectivity index (χ3n) is 3.27. The fourth-order valence-electron chi connectivity index (χ4n) is 2.41. The highest BCUT2D eigenvalue weighted by molar-refractivity contribution is 5.79. The van der Waals surface area contributed by atoms with E-state index in [-0.39, 0.29) is 17.9 Å². The highest BCUT2D eigenvalue weighted by Gasteiger charge is 2.26. The van der Waals surface area contributed by atoms with Crippen molar-refractivity contribution in [1.82, 2.24) is 9.80 Å². The topological polar surface area (TPSA) is 66.6 Å². The van der Waals surface area contributed by atoms with Crippen LogP contribution in [0, 0.1) is 0 Å². The van der Waals surface area contributed by atoms with Gasteiger partial charge in [-0.3, -0.25) is 9.59 Å². The molecule has 1 atom stereocenters. The van der Waals surface area contributed by atoms with Crippen LogP contribution in [0.15, 0.2) is 0 Å². The first kappa shape index (κ1) is 11.4. The molecule has 2 heterocycles. The van der Waals surface area contributed by atoms with Gasteiger partial charge in [0.2, 0.25) is 11.8 Å². The minimum Gasteiger partial charge on any atom is -0.343 e. The Bertz CT molecular complexity index is 293. The van der Waals surface area contributed by atoms with Gasteiger partial charge in [0.15, 0.2) is 0 Å². The number of nitrogens with zero attached hydrogens (tertiary/aromatic N) is 2. The molecule has 0 bridgehead atoms. The first-order valence-electron chi connectivity index (χ1n) is 5.98. The predicted octanol–water partition coefficient (Wildman–Crippen LogP) is -0.441. The van der Waals surface area contributed by atoms with Gasteiger partial charge in [-0.15, -0.1) is 0 Å². The summed E-state index contributed by atoms with van der Waals surface area (Å²) in [5.74, 6) is 0.407. The molecule has 2 amide bonds. The predicted molar refractivity (Wildman–Crippen MR) is 59.6 cm³/mol. The first-order valence-corrected chi connectivity index (χ1v) is 5.98. The van der Waals surface area contributed by atoms with E-state index in [1.165, 1.54) is 0 Å². The van der Waals surface area contributed by atoms with E-state index in [2.05, 4.69) is 0 Å². The van der Waals surface area contributed by atoms with Gasteiger partial charge >= 0.3 is 0 Å². The van der Waals surface area contributed by atoms with Crippen LogP contribution in [0.25, 0.3) is 0 Å². The lowest BCUT2D eigenvalue weighted by molar-refractivity contribution is -0.128. The molecular formula is C11H19N3O2. The third-order valence-corrected chi connectivity index (χ3v) is 3.27. The van der Waals surface area contributed by atoms with Crippen LogP contribution in [0.5, 0.6) is 0 Å². The Morgan fingerprint density at radius 2 is 1.94 bits per heavy atom. The molecule has 5 nitrogen and oxygen atoms in total. The molecular weight excluding hydrogens is 206 g/mol. The molecule has 0 aromatic carbocycles. The summed E-state index contributed by atoms with van der Waals surface area (Å²) in [5, 5.41) is 0. The Kier molecular flexibility index (Phi) is 3.43. The van der Waals surface area contributed by atoms with E-state index >= 15 is 0 Å². The van der Waals surface area contributed by atoms with E-state index in [0.717, 1.165) is 32.5 Å². The van der Waals surface area contributed by atoms with Crippen LogP contribution in [-0.2, 0) is 9.59 Å². The standard InChI is InChI=1S/C11H19N3O2/c12-9-7-11(16)14(8-9)6-2-5-13-4-1-3-10(13)15/h9H,1-8,12H2. The second-order valence-corrected chi connectivity index (χ2v) is 4.64. The normalized spacial score (nSPS) is 25.9. The second kappa shape index (κ2) is 4.82. The van der Waals surface area contributed by atoms with E-state index < -0.39 is 0 Å². The zero-order valence-electron chi connectivity index (χ0n) is 9.52. The molecule has 1 unspecified atom stereocenters. The van der Waals surface area contributed by atoms with E-state index in [1.54, 1.807) is 0 Å². The molecule has 2 aliphatic rings. The highest BCUT2D eigenvalue weighted by atomic mass is 16.2. The summed E-state index contributed by atoms with van der Waals surface area (Å²) in [6.07, 6.45) is 3.01. The fraction of sp³-hybridized carbons (Fsp3) is 0.818. The molecule has 0 aromatic rings. The summed E-state index contributed by atoms with van der Waals surface area (Å²) in [6, 6.07) is 0.000851. The van der Waals surface area contributed by atoms with Gasteiger partial charge in [0.1, 0.15) is 0 Å². The minimum atomic E-state index is 0.000851. The summed E-state index contributed by atoms with van der Waals surface area (Å²) in [5.41, 5.74) is 5.70. The number of likely N-dealkylation sites (tertiary alicyclic amines) is 2. The maximum atomic E-state index is 11.4. The zero-order valence-corrected chi connectivity index (χ0v) is 9.52. The van der Waals surface area contributed by atoms with Gasteiger partial charge in [0.25, 0.3) is 0 Å². The Morgan fingerprint density at radius 1 is 1.19 bits per heavy atom. The van der Waals surface area contributed by atoms with Crippen LogP contribution >= 0.6 is 0 Å². The van der Waals surface area contributed by atoms with Gasteiger partial charge in [-0.1, -0.05) is 0 Å². The average Bonchev–Trinajstić information content (AvgIpc) is 2.75. The highest BCUT2D eigenvalue weighted by Crippen LogP contribution is 2.12. The Morgan fingerprint density at radius 3 is 2.50 bits per heavy atom. The Hall–Kier alpha value is -1.10. The minimum absolute atomic E-state index is 0.000851. The molecule has 90 valence electrons. The van der Waals surface area contributed by atoms with Crippen molar-refractivity contribution in [1.29, 1.82) is 0 Å². The van der Waals surface area contributed by atoms with Crippen molar-refractivity contribution in [2.75, 3.05) is 26.2 Å². The van der Waals surface area contributed by atoms with E-state index in [9.17, 15) is 9.59 Å². The first-order chi connectivity index (χ1) is 7.66. The lowest BCUT2D eigenvalue weighted by atomic mass is 10.3. The van der Waals surface area contributed by atoms with Gasteiger partial charge < -0.3 is 15.5 Å². The lowest BCUT2D eigenvalue weighted by Crippen LogP contribution is -2.32. The summed E-state index contributed by atoms with van der Waals surface area (Å²) < 4.78 is 0. The number of nitrogens with two attached hydrogens (primary N) is 1. The van der Waals surface area contributed by atoms with E-state index in [4.69, 9.17) is 5.73 Å². The number of hydrogen-bond donors (Lipinski definition) is 1. The van der Waals surface area contributed by atoms with Crippen molar-refractivity contribution in [2.24, 2.45) is 5.73 Å². The zero-order chi connectivity index (χ0) is 11.5. The van der Waals surface area contributed by atoms with Crippen molar-refractivity contribution >= 4 is 11.8 Å². The molecule has 0 radical (unpaired) electrons. The van der Waals surface area contributed by atoms with Crippen LogP contribution < -0.4 is 5.73 Å². The number of carbonyl (C=O) groups excluding carboxylic acids is 2. The lowest BCUT2D eigenvalue weighted by Gasteiger charge is -2.19. The fourth-order valence-corrected chi connectivity index (χ4v) is 2.41. The Balaban J connectivity index is 1.68. The van der Waals surface area contributed by atoms with Gasteiger partial charge in [0, 0.05) is 45.1 Å². The van der Waals surface area contributed by atoms with Crippen molar-refractivity contribution in [3.63, 3.8) is 0 Å². The van der Waals surface area contributed by atoms with Crippen LogP contribution in [0.2, 0.25) is 0 Å². The molecule has 2 fully saturated rings. The molecule has 2 N–H and O–H groups in total. The number of amides is 2. The van der Waals surface area contributed by atoms with Crippen molar-refractivity contribution in [2.45, 2.75) is 31.7 Å². The molecule has 0 aliphatic carbocycles. The van der Waals surface area contributed by atoms with Crippen molar-refractivity contribution in [3.05, 3.63) is 0 Å². The van der Waals surface area contributed by atoms with Gasteiger partial charge in [-0.05, 0) is 12.8 Å². The van der Waals surface area contributed by atoms with Crippen molar-refractivity contribution in [3.8, 4) is 0 Å². The molecule has 2 saturated heterocycles. The van der Waals surface area contributed by atoms with E-state index in [0.29, 0.717) is 19.4 Å². The van der Waals surface area contributed by atoms with Crippen LogP contribution in [0.3, 0.4) is 0 Å². The number of rotatable bonds is 4. The second-order valence-electron chi connectivity index (χ2n) is 4.64. The molecule has 0 saturated carbocycles. The quantitative estimate of drug-likeness (QED) is 0.705. The van der Waals surface area contributed by atoms with Gasteiger partial charge in [-0.25, -0.2) is 0 Å². The molecule has 5 heteroatoms. The molecule has 16 heavy (non-hydrogen) atoms. The number of carbonyl (C=O) groups is 2. The maximum absolute atomic E-state index is 11.4. The van der Waals surface area contributed by atoms with Crippen molar-refractivity contribution < 1.29 is 9.59 Å². The van der Waals surface area contributed by atoms with E-state index in [1.807, 2.05) is 9.80 Å². The molecule has 2 rings (SSSR count). The summed E-state index contributed by atoms with van der Waals surface area (Å²) in [4.78, 5) is 26.5. The molecule has 0 spiro atoms. The summed E-state index contributed by atoms with van der Waals surface area (Å²) >= 11 is 0. The summed E-state index contributed by atoms with van der Waals surface area (Å²) in [6.45, 7) is 3.06. The molecule has 2 aliphatic heterocycles. The largest absolute Gasteiger partial charge is 0.343 e. The van der Waals surface area contributed by atoms with Gasteiger partial charge in [0.05, 0.1) is 0 Å². The summed E-state index contributed by atoms with van der Waals surface area (Å²) in [7, 11) is 0.